The van der Waals surface area contributed by atoms with Crippen LogP contribution in [0.3, 0.4) is 0 Å². The second-order valence-electron chi connectivity index (χ2n) is 9.20. The van der Waals surface area contributed by atoms with E-state index in [4.69, 9.17) is 4.98 Å². The van der Waals surface area contributed by atoms with Gasteiger partial charge in [-0.05, 0) is 35.9 Å². The number of hydrogen-bond acceptors (Lipinski definition) is 7. The van der Waals surface area contributed by atoms with Crippen LogP contribution in [0.5, 0.6) is 0 Å². The van der Waals surface area contributed by atoms with Crippen LogP contribution in [0, 0.1) is 0 Å². The van der Waals surface area contributed by atoms with Crippen LogP contribution in [0.1, 0.15) is 17.8 Å². The molecule has 2 aromatic carbocycles. The standard InChI is InChI=1S/C28H21N5O3S2/c34-28(11-14-32-15-13-30-27(28)32)20-7-4-6-19(16-20)24-18-37-26(31-24)23-17-33(25-22(23)10-5-12-29-25)38(35,36)21-8-2-1-3-9-21/h1-10,12-13,15-18,34H,11,14H2/t28-/m1/s1. The van der Waals surface area contributed by atoms with E-state index in [9.17, 15) is 13.5 Å². The zero-order valence-electron chi connectivity index (χ0n) is 20.0. The first-order valence-electron chi connectivity index (χ1n) is 12.0. The molecular formula is C28H21N5O3S2. The van der Waals surface area contributed by atoms with Crippen molar-refractivity contribution in [3.8, 4) is 21.8 Å². The number of benzene rings is 2. The number of hydrogen-bond donors (Lipinski definition) is 1. The fourth-order valence-corrected chi connectivity index (χ4v) is 7.28. The van der Waals surface area contributed by atoms with Crippen molar-refractivity contribution in [2.45, 2.75) is 23.5 Å². The minimum atomic E-state index is -3.84. The summed E-state index contributed by atoms with van der Waals surface area (Å²) in [6.07, 6.45) is 7.33. The second-order valence-corrected chi connectivity index (χ2v) is 11.9. The van der Waals surface area contributed by atoms with E-state index in [1.165, 1.54) is 15.3 Å². The van der Waals surface area contributed by atoms with Crippen molar-refractivity contribution >= 4 is 32.4 Å². The smallest absolute Gasteiger partial charge is 0.269 e. The third kappa shape index (κ3) is 3.45. The van der Waals surface area contributed by atoms with Crippen LogP contribution in [0.4, 0.5) is 0 Å². The molecule has 7 rings (SSSR count). The van der Waals surface area contributed by atoms with Crippen molar-refractivity contribution in [1.82, 2.24) is 23.5 Å². The topological polar surface area (TPSA) is 103 Å². The Morgan fingerprint density at radius 2 is 1.84 bits per heavy atom. The normalized spacial score (nSPS) is 17.2. The van der Waals surface area contributed by atoms with Gasteiger partial charge in [-0.2, -0.15) is 0 Å². The minimum absolute atomic E-state index is 0.191. The fraction of sp³-hybridized carbons (Fsp3) is 0.107. The molecule has 0 aliphatic carbocycles. The van der Waals surface area contributed by atoms with Gasteiger partial charge in [-0.3, -0.25) is 0 Å². The molecule has 38 heavy (non-hydrogen) atoms. The number of imidazole rings is 1. The molecular weight excluding hydrogens is 518 g/mol. The molecule has 0 bridgehead atoms. The fourth-order valence-electron chi connectivity index (χ4n) is 5.08. The molecule has 5 heterocycles. The van der Waals surface area contributed by atoms with Gasteiger partial charge in [-0.15, -0.1) is 11.3 Å². The van der Waals surface area contributed by atoms with Gasteiger partial charge >= 0.3 is 0 Å². The predicted molar refractivity (Wildman–Crippen MR) is 145 cm³/mol. The average Bonchev–Trinajstić information content (AvgIpc) is 3.74. The highest BCUT2D eigenvalue weighted by molar-refractivity contribution is 7.90. The highest BCUT2D eigenvalue weighted by Gasteiger charge is 2.40. The molecule has 1 atom stereocenters. The molecule has 1 N–H and O–H groups in total. The Morgan fingerprint density at radius 3 is 2.71 bits per heavy atom. The van der Waals surface area contributed by atoms with Gasteiger partial charge in [-0.25, -0.2) is 27.3 Å². The van der Waals surface area contributed by atoms with E-state index < -0.39 is 15.6 Å². The van der Waals surface area contributed by atoms with Crippen LogP contribution < -0.4 is 0 Å². The molecule has 4 aromatic heterocycles. The van der Waals surface area contributed by atoms with E-state index in [2.05, 4.69) is 9.97 Å². The monoisotopic (exact) mass is 539 g/mol. The van der Waals surface area contributed by atoms with Crippen LogP contribution >= 0.6 is 11.3 Å². The van der Waals surface area contributed by atoms with Crippen LogP contribution in [0.25, 0.3) is 32.9 Å². The summed E-state index contributed by atoms with van der Waals surface area (Å²) in [5.74, 6) is 0.647. The minimum Gasteiger partial charge on any atom is -0.377 e. The molecule has 1 aliphatic rings. The molecule has 8 nitrogen and oxygen atoms in total. The van der Waals surface area contributed by atoms with Gasteiger partial charge in [0.1, 0.15) is 16.4 Å². The Bertz CT molecular complexity index is 1920. The largest absolute Gasteiger partial charge is 0.377 e. The summed E-state index contributed by atoms with van der Waals surface area (Å²) in [5, 5.41) is 14.8. The van der Waals surface area contributed by atoms with Crippen LogP contribution in [0.15, 0.2) is 102 Å². The number of nitrogens with zero attached hydrogens (tertiary/aromatic N) is 5. The number of aliphatic hydroxyl groups is 1. The summed E-state index contributed by atoms with van der Waals surface area (Å²) in [5.41, 5.74) is 2.27. The third-order valence-corrected chi connectivity index (χ3v) is 9.54. The van der Waals surface area contributed by atoms with E-state index in [1.807, 2.05) is 46.5 Å². The van der Waals surface area contributed by atoms with E-state index in [-0.39, 0.29) is 4.90 Å². The lowest BCUT2D eigenvalue weighted by molar-refractivity contribution is 0.0786. The molecule has 0 saturated heterocycles. The summed E-state index contributed by atoms with van der Waals surface area (Å²) in [7, 11) is -3.84. The van der Waals surface area contributed by atoms with E-state index in [0.29, 0.717) is 40.4 Å². The number of rotatable bonds is 5. The number of thiazole rings is 1. The van der Waals surface area contributed by atoms with Crippen molar-refractivity contribution in [2.75, 3.05) is 0 Å². The Morgan fingerprint density at radius 1 is 0.974 bits per heavy atom. The Hall–Kier alpha value is -4.12. The zero-order valence-corrected chi connectivity index (χ0v) is 21.6. The van der Waals surface area contributed by atoms with Crippen LogP contribution in [0.2, 0.25) is 0 Å². The lowest BCUT2D eigenvalue weighted by Crippen LogP contribution is -2.25. The SMILES string of the molecule is O=S(=O)(c1ccccc1)n1cc(-c2nc(-c3cccc([C@]4(O)CCn5ccnc54)c3)cs2)c2cccnc21. The Kier molecular flexibility index (Phi) is 5.12. The van der Waals surface area contributed by atoms with Crippen molar-refractivity contribution < 1.29 is 13.5 Å². The van der Waals surface area contributed by atoms with Gasteiger partial charge in [0, 0.05) is 59.6 Å². The van der Waals surface area contributed by atoms with Crippen molar-refractivity contribution in [3.05, 3.63) is 108 Å². The van der Waals surface area contributed by atoms with E-state index >= 15 is 0 Å². The molecule has 0 fully saturated rings. The lowest BCUT2D eigenvalue weighted by atomic mass is 9.90. The summed E-state index contributed by atoms with van der Waals surface area (Å²) in [6, 6.07) is 19.7. The molecule has 0 unspecified atom stereocenters. The number of fused-ring (bicyclic) bond motifs is 2. The molecule has 0 amide bonds. The highest BCUT2D eigenvalue weighted by atomic mass is 32.2. The number of aromatic nitrogens is 5. The van der Waals surface area contributed by atoms with Gasteiger partial charge in [0.15, 0.2) is 5.65 Å². The van der Waals surface area contributed by atoms with E-state index in [1.54, 1.807) is 55.0 Å². The second kappa shape index (κ2) is 8.45. The number of aryl methyl sites for hydroxylation is 1. The molecule has 10 heteroatoms. The predicted octanol–water partition coefficient (Wildman–Crippen LogP) is 4.90. The number of pyridine rings is 1. The van der Waals surface area contributed by atoms with Crippen LogP contribution in [-0.2, 0) is 22.2 Å². The molecule has 1 aliphatic heterocycles. The summed E-state index contributed by atoms with van der Waals surface area (Å²) < 4.78 is 30.1. The molecule has 188 valence electrons. The molecule has 0 radical (unpaired) electrons. The lowest BCUT2D eigenvalue weighted by Gasteiger charge is -2.22. The van der Waals surface area contributed by atoms with Gasteiger partial charge in [0.2, 0.25) is 0 Å². The first-order valence-corrected chi connectivity index (χ1v) is 14.3. The maximum Gasteiger partial charge on any atom is 0.269 e. The maximum absolute atomic E-state index is 13.5. The van der Waals surface area contributed by atoms with Gasteiger partial charge in [0.25, 0.3) is 10.0 Å². The quantitative estimate of drug-likeness (QED) is 0.334. The molecule has 0 spiro atoms. The Balaban J connectivity index is 1.30. The molecule has 6 aromatic rings. The van der Waals surface area contributed by atoms with Crippen molar-refractivity contribution in [2.24, 2.45) is 0 Å². The van der Waals surface area contributed by atoms with Crippen LogP contribution in [-0.4, -0.2) is 37.0 Å². The Labute approximate surface area is 222 Å². The summed E-state index contributed by atoms with van der Waals surface area (Å²) in [6.45, 7) is 0.709. The highest BCUT2D eigenvalue weighted by Crippen LogP contribution is 2.40. The first kappa shape index (κ1) is 23.0. The van der Waals surface area contributed by atoms with Gasteiger partial charge in [0.05, 0.1) is 10.6 Å². The van der Waals surface area contributed by atoms with Gasteiger partial charge in [-0.1, -0.05) is 36.4 Å². The van der Waals surface area contributed by atoms with Crippen molar-refractivity contribution in [3.63, 3.8) is 0 Å². The van der Waals surface area contributed by atoms with E-state index in [0.717, 1.165) is 16.8 Å². The van der Waals surface area contributed by atoms with Gasteiger partial charge < -0.3 is 9.67 Å². The van der Waals surface area contributed by atoms with Crippen molar-refractivity contribution in [1.29, 1.82) is 0 Å². The molecule has 0 saturated carbocycles. The zero-order chi connectivity index (χ0) is 25.9. The average molecular weight is 540 g/mol. The summed E-state index contributed by atoms with van der Waals surface area (Å²) in [4.78, 5) is 13.8. The third-order valence-electron chi connectivity index (χ3n) is 7.00. The maximum atomic E-state index is 13.5. The summed E-state index contributed by atoms with van der Waals surface area (Å²) >= 11 is 1.43. The first-order chi connectivity index (χ1) is 18.4.